The van der Waals surface area contributed by atoms with Gasteiger partial charge in [0.2, 0.25) is 0 Å². The lowest BCUT2D eigenvalue weighted by Gasteiger charge is -2.03. The highest BCUT2D eigenvalue weighted by molar-refractivity contribution is 5.72. The van der Waals surface area contributed by atoms with Crippen molar-refractivity contribution in [2.45, 2.75) is 0 Å². The molecule has 0 aliphatic heterocycles. The number of nitrogens with zero attached hydrogens (tertiary/aromatic N) is 1. The van der Waals surface area contributed by atoms with Gasteiger partial charge in [-0.2, -0.15) is 0 Å². The van der Waals surface area contributed by atoms with Gasteiger partial charge in [-0.25, -0.2) is 4.79 Å². The van der Waals surface area contributed by atoms with Gasteiger partial charge in [0.25, 0.3) is 0 Å². The molecule has 0 spiro atoms. The Balaban J connectivity index is 2.37. The Bertz CT molecular complexity index is 879. The Labute approximate surface area is 129 Å². The molecule has 118 valence electrons. The number of ether oxygens (including phenoxy) is 1. The van der Waals surface area contributed by atoms with Gasteiger partial charge in [0.1, 0.15) is 18.1 Å². The number of rotatable bonds is 6. The first kappa shape index (κ1) is 16.0. The lowest BCUT2D eigenvalue weighted by Crippen LogP contribution is -2.25. The van der Waals surface area contributed by atoms with E-state index in [2.05, 4.69) is 11.6 Å². The number of nitrogens with one attached hydrogen (secondary N) is 2. The third-order valence-corrected chi connectivity index (χ3v) is 2.80. The topological polar surface area (TPSA) is 118 Å². The molecule has 23 heavy (non-hydrogen) atoms. The summed E-state index contributed by atoms with van der Waals surface area (Å²) in [5.41, 5.74) is -2.09. The quantitative estimate of drug-likeness (QED) is 0.478. The first-order valence-corrected chi connectivity index (χ1v) is 6.54. The van der Waals surface area contributed by atoms with Crippen molar-refractivity contribution in [1.29, 1.82) is 0 Å². The van der Waals surface area contributed by atoms with Crippen molar-refractivity contribution >= 4 is 17.8 Å². The van der Waals surface area contributed by atoms with E-state index in [9.17, 15) is 19.7 Å². The molecule has 8 heteroatoms. The highest BCUT2D eigenvalue weighted by Crippen LogP contribution is 2.17. The molecule has 0 bridgehead atoms. The van der Waals surface area contributed by atoms with E-state index in [1.807, 2.05) is 4.98 Å². The number of nitro groups is 1. The lowest BCUT2D eigenvalue weighted by atomic mass is 10.2. The molecule has 1 aromatic heterocycles. The molecule has 0 unspecified atom stereocenters. The average Bonchev–Trinajstić information content (AvgIpc) is 2.50. The summed E-state index contributed by atoms with van der Waals surface area (Å²) in [6.07, 6.45) is 4.42. The molecule has 0 amide bonds. The van der Waals surface area contributed by atoms with Gasteiger partial charge < -0.3 is 9.72 Å². The molecule has 0 atom stereocenters. The van der Waals surface area contributed by atoms with Crippen LogP contribution in [0, 0.1) is 10.1 Å². The van der Waals surface area contributed by atoms with E-state index in [4.69, 9.17) is 4.74 Å². The molecule has 8 nitrogen and oxygen atoms in total. The van der Waals surface area contributed by atoms with Crippen LogP contribution in [0.25, 0.3) is 12.2 Å². The van der Waals surface area contributed by atoms with Crippen molar-refractivity contribution < 1.29 is 9.66 Å². The molecule has 0 aliphatic rings. The number of hydrogen-bond acceptors (Lipinski definition) is 5. The summed E-state index contributed by atoms with van der Waals surface area (Å²) >= 11 is 0. The third kappa shape index (κ3) is 4.03. The van der Waals surface area contributed by atoms with Crippen molar-refractivity contribution in [3.63, 3.8) is 0 Å². The molecule has 0 radical (unpaired) electrons. The Hall–Kier alpha value is -3.42. The van der Waals surface area contributed by atoms with Crippen LogP contribution in [0.3, 0.4) is 0 Å². The summed E-state index contributed by atoms with van der Waals surface area (Å²) in [5.74, 6) is 0.598. The van der Waals surface area contributed by atoms with E-state index in [1.54, 1.807) is 30.3 Å². The fourth-order valence-electron chi connectivity index (χ4n) is 1.84. The van der Waals surface area contributed by atoms with E-state index in [0.717, 1.165) is 0 Å². The zero-order valence-corrected chi connectivity index (χ0v) is 11.9. The first-order valence-electron chi connectivity index (χ1n) is 6.54. The second-order valence-electron chi connectivity index (χ2n) is 4.43. The van der Waals surface area contributed by atoms with Crippen LogP contribution in [-0.4, -0.2) is 21.5 Å². The largest absolute Gasteiger partial charge is 0.490 e. The zero-order chi connectivity index (χ0) is 16.8. The summed E-state index contributed by atoms with van der Waals surface area (Å²) in [6.45, 7) is 3.89. The standard InChI is InChI=1S/C15H13N3O5/c1-2-8-23-11-5-3-4-10(9-11)6-7-12-13(18(21)22)14(19)17-15(20)16-12/h2-7,9H,1,8H2,(H2,16,17,19,20)/b7-6-. The molecule has 1 aromatic carbocycles. The minimum Gasteiger partial charge on any atom is -0.490 e. The highest BCUT2D eigenvalue weighted by atomic mass is 16.6. The van der Waals surface area contributed by atoms with Crippen molar-refractivity contribution in [2.75, 3.05) is 6.61 Å². The van der Waals surface area contributed by atoms with Gasteiger partial charge in [-0.3, -0.25) is 19.9 Å². The number of aromatic nitrogens is 2. The van der Waals surface area contributed by atoms with Crippen LogP contribution in [0.5, 0.6) is 5.75 Å². The fourth-order valence-corrected chi connectivity index (χ4v) is 1.84. The molecular weight excluding hydrogens is 302 g/mol. The van der Waals surface area contributed by atoms with E-state index >= 15 is 0 Å². The Morgan fingerprint density at radius 1 is 1.26 bits per heavy atom. The van der Waals surface area contributed by atoms with Crippen LogP contribution in [0.1, 0.15) is 11.3 Å². The van der Waals surface area contributed by atoms with E-state index < -0.39 is 21.9 Å². The van der Waals surface area contributed by atoms with Gasteiger partial charge in [0, 0.05) is 0 Å². The van der Waals surface area contributed by atoms with Crippen LogP contribution < -0.4 is 16.0 Å². The van der Waals surface area contributed by atoms with Crippen LogP contribution in [0.4, 0.5) is 5.69 Å². The van der Waals surface area contributed by atoms with Crippen LogP contribution in [0.15, 0.2) is 46.5 Å². The van der Waals surface area contributed by atoms with E-state index in [0.29, 0.717) is 17.9 Å². The Kier molecular flexibility index (Phi) is 4.88. The van der Waals surface area contributed by atoms with Gasteiger partial charge in [-0.1, -0.05) is 30.9 Å². The minimum absolute atomic E-state index is 0.179. The van der Waals surface area contributed by atoms with Gasteiger partial charge in [0.15, 0.2) is 0 Å². The number of H-pyrrole nitrogens is 2. The van der Waals surface area contributed by atoms with E-state index in [1.165, 1.54) is 12.2 Å². The van der Waals surface area contributed by atoms with Crippen molar-refractivity contribution in [3.8, 4) is 5.75 Å². The molecule has 0 fully saturated rings. The fraction of sp³-hybridized carbons (Fsp3) is 0.0667. The van der Waals surface area contributed by atoms with Gasteiger partial charge in [-0.05, 0) is 23.8 Å². The summed E-state index contributed by atoms with van der Waals surface area (Å²) in [4.78, 5) is 36.9. The molecule has 0 saturated heterocycles. The molecule has 0 saturated carbocycles. The van der Waals surface area contributed by atoms with Crippen LogP contribution in [0.2, 0.25) is 0 Å². The normalized spacial score (nSPS) is 10.6. The lowest BCUT2D eigenvalue weighted by molar-refractivity contribution is -0.386. The molecule has 2 N–H and O–H groups in total. The number of hydrogen-bond donors (Lipinski definition) is 2. The maximum atomic E-state index is 11.5. The molecule has 2 aromatic rings. The smallest absolute Gasteiger partial charge is 0.357 e. The third-order valence-electron chi connectivity index (χ3n) is 2.80. The number of benzene rings is 1. The van der Waals surface area contributed by atoms with Gasteiger partial charge in [-0.15, -0.1) is 0 Å². The zero-order valence-electron chi connectivity index (χ0n) is 11.9. The van der Waals surface area contributed by atoms with Gasteiger partial charge in [0.05, 0.1) is 4.92 Å². The summed E-state index contributed by atoms with van der Waals surface area (Å²) in [7, 11) is 0. The summed E-state index contributed by atoms with van der Waals surface area (Å²) in [6, 6.07) is 6.94. The second-order valence-corrected chi connectivity index (χ2v) is 4.43. The predicted molar refractivity (Wildman–Crippen MR) is 85.4 cm³/mol. The van der Waals surface area contributed by atoms with E-state index in [-0.39, 0.29) is 5.69 Å². The highest BCUT2D eigenvalue weighted by Gasteiger charge is 2.18. The molecule has 1 heterocycles. The van der Waals surface area contributed by atoms with Gasteiger partial charge >= 0.3 is 16.9 Å². The summed E-state index contributed by atoms with van der Waals surface area (Å²) < 4.78 is 5.38. The predicted octanol–water partition coefficient (Wildman–Crippen LogP) is 1.71. The molecule has 0 aliphatic carbocycles. The maximum absolute atomic E-state index is 11.5. The van der Waals surface area contributed by atoms with Crippen LogP contribution >= 0.6 is 0 Å². The molecular formula is C15H13N3O5. The monoisotopic (exact) mass is 315 g/mol. The van der Waals surface area contributed by atoms with Crippen LogP contribution in [-0.2, 0) is 0 Å². The van der Waals surface area contributed by atoms with Crippen molar-refractivity contribution in [3.05, 3.63) is 79.1 Å². The Morgan fingerprint density at radius 2 is 2.04 bits per heavy atom. The Morgan fingerprint density at radius 3 is 2.74 bits per heavy atom. The minimum atomic E-state index is -1.05. The second kappa shape index (κ2) is 7.03. The SMILES string of the molecule is C=CCOc1cccc(/C=C\c2[nH]c(=O)[nH]c(=O)c2[N+](=O)[O-])c1. The molecule has 2 rings (SSSR count). The van der Waals surface area contributed by atoms with Crippen molar-refractivity contribution in [2.24, 2.45) is 0 Å². The summed E-state index contributed by atoms with van der Waals surface area (Å²) in [5, 5.41) is 10.9. The average molecular weight is 315 g/mol. The first-order chi connectivity index (χ1) is 11.0. The maximum Gasteiger partial charge on any atom is 0.357 e. The number of aromatic amines is 2. The van der Waals surface area contributed by atoms with Crippen molar-refractivity contribution in [1.82, 2.24) is 9.97 Å².